The van der Waals surface area contributed by atoms with E-state index in [0.29, 0.717) is 36.9 Å². The minimum Gasteiger partial charge on any atom is -0.497 e. The highest BCUT2D eigenvalue weighted by atomic mass is 16.7. The van der Waals surface area contributed by atoms with Gasteiger partial charge in [0, 0.05) is 6.07 Å². The number of ether oxygens (including phenoxy) is 4. The lowest BCUT2D eigenvalue weighted by molar-refractivity contribution is -0.171. The molecule has 0 spiro atoms. The summed E-state index contributed by atoms with van der Waals surface area (Å²) >= 11 is 0. The Kier molecular flexibility index (Phi) is 3.95. The van der Waals surface area contributed by atoms with Gasteiger partial charge >= 0.3 is 0 Å². The highest BCUT2D eigenvalue weighted by Gasteiger charge is 2.17. The zero-order chi connectivity index (χ0) is 12.1. The summed E-state index contributed by atoms with van der Waals surface area (Å²) in [5, 5.41) is 0. The molecule has 0 amide bonds. The Bertz CT molecular complexity index is 384. The molecule has 1 atom stereocenters. The molecular weight excluding hydrogens is 224 g/mol. The van der Waals surface area contributed by atoms with E-state index in [1.54, 1.807) is 25.3 Å². The maximum atomic E-state index is 10.9. The van der Waals surface area contributed by atoms with Crippen LogP contribution in [0.15, 0.2) is 18.2 Å². The highest BCUT2D eigenvalue weighted by Crippen LogP contribution is 2.25. The second-order valence-electron chi connectivity index (χ2n) is 3.51. The number of rotatable bonds is 4. The molecule has 1 saturated heterocycles. The van der Waals surface area contributed by atoms with E-state index >= 15 is 0 Å². The maximum Gasteiger partial charge on any atom is 0.223 e. The van der Waals surface area contributed by atoms with Crippen LogP contribution in [0.2, 0.25) is 0 Å². The topological polar surface area (TPSA) is 54.0 Å². The van der Waals surface area contributed by atoms with Crippen molar-refractivity contribution in [2.75, 3.05) is 26.9 Å². The van der Waals surface area contributed by atoms with Gasteiger partial charge in [-0.15, -0.1) is 0 Å². The largest absolute Gasteiger partial charge is 0.497 e. The summed E-state index contributed by atoms with van der Waals surface area (Å²) < 4.78 is 21.2. The van der Waals surface area contributed by atoms with Crippen molar-refractivity contribution in [3.63, 3.8) is 0 Å². The van der Waals surface area contributed by atoms with E-state index in [0.717, 1.165) is 6.29 Å². The molecule has 1 aliphatic rings. The van der Waals surface area contributed by atoms with E-state index in [4.69, 9.17) is 18.9 Å². The van der Waals surface area contributed by atoms with Crippen LogP contribution in [0.1, 0.15) is 10.4 Å². The minimum absolute atomic E-state index is 0.357. The van der Waals surface area contributed by atoms with Crippen LogP contribution in [0.25, 0.3) is 0 Å². The fourth-order valence-electron chi connectivity index (χ4n) is 1.52. The van der Waals surface area contributed by atoms with Crippen LogP contribution in [0.5, 0.6) is 11.5 Å². The molecule has 1 unspecified atom stereocenters. The Morgan fingerprint density at radius 1 is 1.41 bits per heavy atom. The smallest absolute Gasteiger partial charge is 0.223 e. The van der Waals surface area contributed by atoms with Gasteiger partial charge in [-0.25, -0.2) is 0 Å². The molecule has 0 N–H and O–H groups in total. The standard InChI is InChI=1S/C12H14O5/c1-14-10-3-2-9(7-13)11(6-10)17-12-8-15-4-5-16-12/h2-3,6-7,12H,4-5,8H2,1H3. The van der Waals surface area contributed by atoms with E-state index in [9.17, 15) is 4.79 Å². The van der Waals surface area contributed by atoms with Crippen molar-refractivity contribution in [1.82, 2.24) is 0 Å². The minimum atomic E-state index is -0.477. The normalized spacial score (nSPS) is 19.7. The molecule has 0 aromatic heterocycles. The summed E-state index contributed by atoms with van der Waals surface area (Å²) in [6.07, 6.45) is 0.257. The number of benzene rings is 1. The second-order valence-corrected chi connectivity index (χ2v) is 3.51. The Morgan fingerprint density at radius 2 is 2.29 bits per heavy atom. The van der Waals surface area contributed by atoms with E-state index in [-0.39, 0.29) is 0 Å². The number of methoxy groups -OCH3 is 1. The van der Waals surface area contributed by atoms with Gasteiger partial charge in [-0.1, -0.05) is 0 Å². The van der Waals surface area contributed by atoms with Gasteiger partial charge in [-0.3, -0.25) is 4.79 Å². The van der Waals surface area contributed by atoms with Gasteiger partial charge in [0.05, 0.1) is 25.9 Å². The molecule has 5 nitrogen and oxygen atoms in total. The van der Waals surface area contributed by atoms with Crippen molar-refractivity contribution in [1.29, 1.82) is 0 Å². The summed E-state index contributed by atoms with van der Waals surface area (Å²) in [7, 11) is 1.56. The zero-order valence-corrected chi connectivity index (χ0v) is 9.55. The van der Waals surface area contributed by atoms with Gasteiger partial charge in [0.15, 0.2) is 6.29 Å². The molecular formula is C12H14O5. The lowest BCUT2D eigenvalue weighted by atomic mass is 10.2. The first-order valence-electron chi connectivity index (χ1n) is 5.32. The number of carbonyl (C=O) groups excluding carboxylic acids is 1. The van der Waals surface area contributed by atoms with Crippen molar-refractivity contribution in [3.05, 3.63) is 23.8 Å². The molecule has 1 aromatic carbocycles. The van der Waals surface area contributed by atoms with Crippen molar-refractivity contribution in [2.45, 2.75) is 6.29 Å². The SMILES string of the molecule is COc1ccc(C=O)c(OC2COCCO2)c1. The molecule has 0 saturated carbocycles. The number of hydrogen-bond donors (Lipinski definition) is 0. The van der Waals surface area contributed by atoms with Crippen LogP contribution in [0.4, 0.5) is 0 Å². The van der Waals surface area contributed by atoms with Gasteiger partial charge in [-0.2, -0.15) is 0 Å². The fourth-order valence-corrected chi connectivity index (χ4v) is 1.52. The number of hydrogen-bond acceptors (Lipinski definition) is 5. The Morgan fingerprint density at radius 3 is 2.94 bits per heavy atom. The third kappa shape index (κ3) is 2.95. The average molecular weight is 238 g/mol. The van der Waals surface area contributed by atoms with E-state index in [2.05, 4.69) is 0 Å². The third-order valence-electron chi connectivity index (χ3n) is 2.39. The number of aldehydes is 1. The van der Waals surface area contributed by atoms with Crippen LogP contribution >= 0.6 is 0 Å². The summed E-state index contributed by atoms with van der Waals surface area (Å²) in [5.74, 6) is 1.07. The molecule has 0 radical (unpaired) electrons. The van der Waals surface area contributed by atoms with Crippen LogP contribution < -0.4 is 9.47 Å². The molecule has 1 fully saturated rings. The van der Waals surface area contributed by atoms with Gasteiger partial charge in [-0.05, 0) is 12.1 Å². The summed E-state index contributed by atoms with van der Waals surface area (Å²) in [6.45, 7) is 1.42. The first-order valence-corrected chi connectivity index (χ1v) is 5.32. The molecule has 1 heterocycles. The molecule has 17 heavy (non-hydrogen) atoms. The highest BCUT2D eigenvalue weighted by molar-refractivity contribution is 5.79. The van der Waals surface area contributed by atoms with E-state index in [1.807, 2.05) is 0 Å². The van der Waals surface area contributed by atoms with Gasteiger partial charge in [0.2, 0.25) is 6.29 Å². The fraction of sp³-hybridized carbons (Fsp3) is 0.417. The van der Waals surface area contributed by atoms with Crippen LogP contribution in [0.3, 0.4) is 0 Å². The molecule has 0 bridgehead atoms. The van der Waals surface area contributed by atoms with Gasteiger partial charge in [0.25, 0.3) is 0 Å². The van der Waals surface area contributed by atoms with Gasteiger partial charge < -0.3 is 18.9 Å². The summed E-state index contributed by atoms with van der Waals surface area (Å²) in [6, 6.07) is 5.00. The van der Waals surface area contributed by atoms with Crippen LogP contribution in [0, 0.1) is 0 Å². The van der Waals surface area contributed by atoms with Gasteiger partial charge in [0.1, 0.15) is 18.1 Å². The van der Waals surface area contributed by atoms with Crippen molar-refractivity contribution < 1.29 is 23.7 Å². The van der Waals surface area contributed by atoms with Crippen molar-refractivity contribution in [2.24, 2.45) is 0 Å². The first-order chi connectivity index (χ1) is 8.33. The summed E-state index contributed by atoms with van der Waals surface area (Å²) in [4.78, 5) is 10.9. The third-order valence-corrected chi connectivity index (χ3v) is 2.39. The molecule has 0 aliphatic carbocycles. The lowest BCUT2D eigenvalue weighted by Gasteiger charge is -2.24. The van der Waals surface area contributed by atoms with E-state index < -0.39 is 6.29 Å². The zero-order valence-electron chi connectivity index (χ0n) is 9.55. The molecule has 92 valence electrons. The predicted octanol–water partition coefficient (Wildman–Crippen LogP) is 1.26. The second kappa shape index (κ2) is 5.65. The Balaban J connectivity index is 2.14. The molecule has 5 heteroatoms. The first kappa shape index (κ1) is 11.9. The molecule has 2 rings (SSSR count). The lowest BCUT2D eigenvalue weighted by Crippen LogP contribution is -2.33. The number of carbonyl (C=O) groups is 1. The average Bonchev–Trinajstić information content (AvgIpc) is 2.40. The quantitative estimate of drug-likeness (QED) is 0.739. The van der Waals surface area contributed by atoms with Crippen LogP contribution in [-0.4, -0.2) is 39.5 Å². The van der Waals surface area contributed by atoms with Crippen LogP contribution in [-0.2, 0) is 9.47 Å². The monoisotopic (exact) mass is 238 g/mol. The van der Waals surface area contributed by atoms with Crippen molar-refractivity contribution >= 4 is 6.29 Å². The maximum absolute atomic E-state index is 10.9. The molecule has 1 aliphatic heterocycles. The Hall–Kier alpha value is -1.59. The summed E-state index contributed by atoms with van der Waals surface area (Å²) in [5.41, 5.74) is 0.458. The van der Waals surface area contributed by atoms with Crippen molar-refractivity contribution in [3.8, 4) is 11.5 Å². The predicted molar refractivity (Wildman–Crippen MR) is 59.6 cm³/mol. The van der Waals surface area contributed by atoms with E-state index in [1.165, 1.54) is 0 Å². The Labute approximate surface area is 99.2 Å². The molecule has 1 aromatic rings.